The summed E-state index contributed by atoms with van der Waals surface area (Å²) in [6, 6.07) is 1.98. The molecule has 1 aromatic rings. The number of aromatic nitrogens is 1. The lowest BCUT2D eigenvalue weighted by atomic mass is 10.2. The minimum absolute atomic E-state index is 0.301. The molecule has 1 fully saturated rings. The van der Waals surface area contributed by atoms with Crippen LogP contribution in [-0.2, 0) is 5.54 Å². The SMILES string of the molecule is Cc1cc(C=O)c(C)n1C1(C)CC1. The van der Waals surface area contributed by atoms with Crippen LogP contribution < -0.4 is 0 Å². The number of carbonyl (C=O) groups is 1. The minimum Gasteiger partial charge on any atom is -0.343 e. The summed E-state index contributed by atoms with van der Waals surface area (Å²) in [5, 5.41) is 0. The van der Waals surface area contributed by atoms with E-state index in [0.717, 1.165) is 17.5 Å². The van der Waals surface area contributed by atoms with Gasteiger partial charge in [0.05, 0.1) is 0 Å². The van der Waals surface area contributed by atoms with Crippen molar-refractivity contribution < 1.29 is 4.79 Å². The Morgan fingerprint density at radius 1 is 1.46 bits per heavy atom. The van der Waals surface area contributed by atoms with E-state index < -0.39 is 0 Å². The van der Waals surface area contributed by atoms with Crippen LogP contribution in [0, 0.1) is 13.8 Å². The molecule has 2 rings (SSSR count). The number of aryl methyl sites for hydroxylation is 1. The lowest BCUT2D eigenvalue weighted by Crippen LogP contribution is -2.15. The zero-order valence-electron chi connectivity index (χ0n) is 8.42. The molecule has 0 N–H and O–H groups in total. The van der Waals surface area contributed by atoms with Gasteiger partial charge >= 0.3 is 0 Å². The molecule has 1 aliphatic carbocycles. The smallest absolute Gasteiger partial charge is 0.151 e. The molecule has 0 saturated heterocycles. The van der Waals surface area contributed by atoms with E-state index in [9.17, 15) is 4.79 Å². The number of aldehydes is 1. The third kappa shape index (κ3) is 1.12. The van der Waals surface area contributed by atoms with E-state index in [2.05, 4.69) is 18.4 Å². The van der Waals surface area contributed by atoms with E-state index in [4.69, 9.17) is 0 Å². The number of nitrogens with zero attached hydrogens (tertiary/aromatic N) is 1. The topological polar surface area (TPSA) is 22.0 Å². The van der Waals surface area contributed by atoms with E-state index in [1.807, 2.05) is 13.0 Å². The largest absolute Gasteiger partial charge is 0.343 e. The lowest BCUT2D eigenvalue weighted by molar-refractivity contribution is 0.112. The van der Waals surface area contributed by atoms with E-state index in [1.54, 1.807) is 0 Å². The summed E-state index contributed by atoms with van der Waals surface area (Å²) in [5.74, 6) is 0. The summed E-state index contributed by atoms with van der Waals surface area (Å²) in [5.41, 5.74) is 3.47. The standard InChI is InChI=1S/C11H15NO/c1-8-6-10(7-13)9(2)12(8)11(3)4-5-11/h6-7H,4-5H2,1-3H3. The van der Waals surface area contributed by atoms with Crippen molar-refractivity contribution in [3.05, 3.63) is 23.0 Å². The van der Waals surface area contributed by atoms with Crippen molar-refractivity contribution in [1.29, 1.82) is 0 Å². The van der Waals surface area contributed by atoms with Crippen LogP contribution in [0.1, 0.15) is 41.5 Å². The van der Waals surface area contributed by atoms with Crippen molar-refractivity contribution in [3.8, 4) is 0 Å². The summed E-state index contributed by atoms with van der Waals surface area (Å²) in [6.45, 7) is 6.35. The first-order chi connectivity index (χ1) is 6.08. The maximum atomic E-state index is 10.7. The summed E-state index contributed by atoms with van der Waals surface area (Å²) in [4.78, 5) is 10.7. The molecular formula is C11H15NO. The van der Waals surface area contributed by atoms with E-state index in [1.165, 1.54) is 18.5 Å². The molecule has 0 radical (unpaired) electrons. The Kier molecular flexibility index (Phi) is 1.62. The first kappa shape index (κ1) is 8.54. The van der Waals surface area contributed by atoms with Gasteiger partial charge in [-0.15, -0.1) is 0 Å². The molecule has 0 unspecified atom stereocenters. The second-order valence-corrected chi connectivity index (χ2v) is 4.28. The highest BCUT2D eigenvalue weighted by Gasteiger charge is 2.40. The Morgan fingerprint density at radius 3 is 2.46 bits per heavy atom. The highest BCUT2D eigenvalue weighted by molar-refractivity contribution is 5.77. The molecule has 1 aliphatic rings. The Hall–Kier alpha value is -1.05. The fourth-order valence-corrected chi connectivity index (χ4v) is 2.14. The first-order valence-electron chi connectivity index (χ1n) is 4.73. The molecule has 0 amide bonds. The van der Waals surface area contributed by atoms with Crippen LogP contribution in [-0.4, -0.2) is 10.9 Å². The predicted molar refractivity (Wildman–Crippen MR) is 52.2 cm³/mol. The van der Waals surface area contributed by atoms with Crippen molar-refractivity contribution in [2.24, 2.45) is 0 Å². The van der Waals surface area contributed by atoms with Crippen molar-refractivity contribution >= 4 is 6.29 Å². The second-order valence-electron chi connectivity index (χ2n) is 4.28. The quantitative estimate of drug-likeness (QED) is 0.636. The summed E-state index contributed by atoms with van der Waals surface area (Å²) in [7, 11) is 0. The van der Waals surface area contributed by atoms with Crippen LogP contribution >= 0.6 is 0 Å². The van der Waals surface area contributed by atoms with Crippen LogP contribution in [0.4, 0.5) is 0 Å². The maximum absolute atomic E-state index is 10.7. The van der Waals surface area contributed by atoms with E-state index in [0.29, 0.717) is 5.54 Å². The molecule has 70 valence electrons. The molecule has 2 nitrogen and oxygen atoms in total. The Labute approximate surface area is 78.6 Å². The predicted octanol–water partition coefficient (Wildman–Crippen LogP) is 2.43. The van der Waals surface area contributed by atoms with Gasteiger partial charge in [0.1, 0.15) is 0 Å². The Morgan fingerprint density at radius 2 is 2.08 bits per heavy atom. The Balaban J connectivity index is 2.56. The van der Waals surface area contributed by atoms with Gasteiger partial charge in [-0.2, -0.15) is 0 Å². The minimum atomic E-state index is 0.301. The zero-order chi connectivity index (χ0) is 9.64. The van der Waals surface area contributed by atoms with Crippen molar-refractivity contribution in [2.75, 3.05) is 0 Å². The maximum Gasteiger partial charge on any atom is 0.151 e. The molecule has 1 aromatic heterocycles. The van der Waals surface area contributed by atoms with E-state index in [-0.39, 0.29) is 0 Å². The highest BCUT2D eigenvalue weighted by atomic mass is 16.1. The third-order valence-corrected chi connectivity index (χ3v) is 3.11. The van der Waals surface area contributed by atoms with Crippen LogP contribution in [0.5, 0.6) is 0 Å². The van der Waals surface area contributed by atoms with E-state index >= 15 is 0 Å². The molecular weight excluding hydrogens is 162 g/mol. The van der Waals surface area contributed by atoms with Crippen LogP contribution in [0.25, 0.3) is 0 Å². The molecule has 0 aliphatic heterocycles. The molecule has 0 spiro atoms. The van der Waals surface area contributed by atoms with Gasteiger partial charge in [0, 0.05) is 22.5 Å². The fraction of sp³-hybridized carbons (Fsp3) is 0.545. The molecule has 2 heteroatoms. The second kappa shape index (κ2) is 2.47. The first-order valence-corrected chi connectivity index (χ1v) is 4.73. The molecule has 0 bridgehead atoms. The van der Waals surface area contributed by atoms with Crippen molar-refractivity contribution in [3.63, 3.8) is 0 Å². The molecule has 0 atom stereocenters. The van der Waals surface area contributed by atoms with Crippen LogP contribution in [0.15, 0.2) is 6.07 Å². The monoisotopic (exact) mass is 177 g/mol. The number of carbonyl (C=O) groups excluding carboxylic acids is 1. The van der Waals surface area contributed by atoms with Gasteiger partial charge in [-0.05, 0) is 39.7 Å². The summed E-state index contributed by atoms with van der Waals surface area (Å²) in [6.07, 6.45) is 3.42. The normalized spacial score (nSPS) is 18.7. The molecule has 1 heterocycles. The van der Waals surface area contributed by atoms with Gasteiger partial charge in [0.2, 0.25) is 0 Å². The molecule has 1 saturated carbocycles. The van der Waals surface area contributed by atoms with Crippen LogP contribution in [0.2, 0.25) is 0 Å². The van der Waals surface area contributed by atoms with Gasteiger partial charge in [-0.3, -0.25) is 4.79 Å². The van der Waals surface area contributed by atoms with Gasteiger partial charge in [-0.25, -0.2) is 0 Å². The number of hydrogen-bond donors (Lipinski definition) is 0. The molecule has 0 aromatic carbocycles. The highest BCUT2D eigenvalue weighted by Crippen LogP contribution is 2.45. The molecule has 13 heavy (non-hydrogen) atoms. The third-order valence-electron chi connectivity index (χ3n) is 3.11. The lowest BCUT2D eigenvalue weighted by Gasteiger charge is -2.16. The van der Waals surface area contributed by atoms with Crippen molar-refractivity contribution in [2.45, 2.75) is 39.2 Å². The fourth-order valence-electron chi connectivity index (χ4n) is 2.14. The number of rotatable bonds is 2. The van der Waals surface area contributed by atoms with Gasteiger partial charge in [-0.1, -0.05) is 0 Å². The zero-order valence-corrected chi connectivity index (χ0v) is 8.42. The van der Waals surface area contributed by atoms with Crippen molar-refractivity contribution in [1.82, 2.24) is 4.57 Å². The van der Waals surface area contributed by atoms with Crippen LogP contribution in [0.3, 0.4) is 0 Å². The summed E-state index contributed by atoms with van der Waals surface area (Å²) >= 11 is 0. The van der Waals surface area contributed by atoms with Gasteiger partial charge in [0.15, 0.2) is 6.29 Å². The van der Waals surface area contributed by atoms with Gasteiger partial charge in [0.25, 0.3) is 0 Å². The Bertz CT molecular complexity index is 358. The summed E-state index contributed by atoms with van der Waals surface area (Å²) < 4.78 is 2.30. The average Bonchev–Trinajstić information content (AvgIpc) is 2.72. The number of hydrogen-bond acceptors (Lipinski definition) is 1. The van der Waals surface area contributed by atoms with Gasteiger partial charge < -0.3 is 4.57 Å². The average molecular weight is 177 g/mol.